The minimum absolute atomic E-state index is 0.0689. The van der Waals surface area contributed by atoms with Crippen molar-refractivity contribution >= 4 is 28.6 Å². The molecule has 0 aromatic heterocycles. The van der Waals surface area contributed by atoms with Crippen molar-refractivity contribution < 1.29 is 14.3 Å². The first-order chi connectivity index (χ1) is 7.10. The number of carbonyl (C=O) groups is 1. The van der Waals surface area contributed by atoms with Gasteiger partial charge in [0.25, 0.3) is 0 Å². The SMILES string of the molecule is COC(=O)[C@H]1[C@@H](I)[C@H](C)OC12CCCC2. The summed E-state index contributed by atoms with van der Waals surface area (Å²) >= 11 is 2.33. The Kier molecular flexibility index (Phi) is 3.26. The van der Waals surface area contributed by atoms with Crippen LogP contribution in [-0.4, -0.2) is 28.7 Å². The lowest BCUT2D eigenvalue weighted by Gasteiger charge is -2.28. The number of halogens is 1. The van der Waals surface area contributed by atoms with Gasteiger partial charge in [-0.25, -0.2) is 0 Å². The van der Waals surface area contributed by atoms with Crippen molar-refractivity contribution in [1.82, 2.24) is 0 Å². The van der Waals surface area contributed by atoms with E-state index < -0.39 is 0 Å². The number of esters is 1. The molecule has 0 amide bonds. The maximum atomic E-state index is 11.8. The van der Waals surface area contributed by atoms with Crippen molar-refractivity contribution in [3.8, 4) is 0 Å². The third-order valence-electron chi connectivity index (χ3n) is 3.66. The molecule has 3 atom stereocenters. The molecule has 1 aliphatic carbocycles. The van der Waals surface area contributed by atoms with Crippen LogP contribution >= 0.6 is 22.6 Å². The second kappa shape index (κ2) is 4.20. The predicted molar refractivity (Wildman–Crippen MR) is 65.1 cm³/mol. The number of alkyl halides is 1. The Balaban J connectivity index is 2.26. The molecule has 0 radical (unpaired) electrons. The molecule has 2 aliphatic rings. The maximum absolute atomic E-state index is 11.8. The Morgan fingerprint density at radius 1 is 1.47 bits per heavy atom. The zero-order chi connectivity index (χ0) is 11.1. The van der Waals surface area contributed by atoms with Crippen molar-refractivity contribution in [2.45, 2.75) is 48.2 Å². The van der Waals surface area contributed by atoms with Crippen molar-refractivity contribution in [3.05, 3.63) is 0 Å². The molecule has 4 heteroatoms. The summed E-state index contributed by atoms with van der Waals surface area (Å²) in [5, 5.41) is 0. The van der Waals surface area contributed by atoms with Crippen molar-refractivity contribution in [2.75, 3.05) is 7.11 Å². The third-order valence-corrected chi connectivity index (χ3v) is 5.39. The zero-order valence-electron chi connectivity index (χ0n) is 9.16. The van der Waals surface area contributed by atoms with E-state index in [1.165, 1.54) is 20.0 Å². The molecule has 1 heterocycles. The summed E-state index contributed by atoms with van der Waals surface area (Å²) in [6.07, 6.45) is 4.52. The summed E-state index contributed by atoms with van der Waals surface area (Å²) in [6, 6.07) is 0. The van der Waals surface area contributed by atoms with Gasteiger partial charge >= 0.3 is 5.97 Å². The smallest absolute Gasteiger partial charge is 0.312 e. The van der Waals surface area contributed by atoms with Crippen LogP contribution in [0.15, 0.2) is 0 Å². The van der Waals surface area contributed by atoms with Crippen LogP contribution in [0.25, 0.3) is 0 Å². The van der Waals surface area contributed by atoms with Gasteiger partial charge in [0, 0.05) is 0 Å². The van der Waals surface area contributed by atoms with Crippen LogP contribution in [0.3, 0.4) is 0 Å². The number of hydrogen-bond acceptors (Lipinski definition) is 3. The first kappa shape index (κ1) is 11.6. The van der Waals surface area contributed by atoms with Gasteiger partial charge in [-0.3, -0.25) is 4.79 Å². The Labute approximate surface area is 104 Å². The highest BCUT2D eigenvalue weighted by atomic mass is 127. The molecule has 3 nitrogen and oxygen atoms in total. The van der Waals surface area contributed by atoms with Crippen LogP contribution in [0, 0.1) is 5.92 Å². The molecular formula is C11H17IO3. The molecule has 1 aliphatic heterocycles. The molecule has 0 aromatic carbocycles. The van der Waals surface area contributed by atoms with E-state index in [1.54, 1.807) is 0 Å². The van der Waals surface area contributed by atoms with E-state index in [0.29, 0.717) is 0 Å². The second-order valence-electron chi connectivity index (χ2n) is 4.54. The first-order valence-corrected chi connectivity index (χ1v) is 6.75. The van der Waals surface area contributed by atoms with E-state index >= 15 is 0 Å². The van der Waals surface area contributed by atoms with Crippen molar-refractivity contribution in [1.29, 1.82) is 0 Å². The van der Waals surface area contributed by atoms with Crippen LogP contribution in [0.4, 0.5) is 0 Å². The third kappa shape index (κ3) is 1.79. The fraction of sp³-hybridized carbons (Fsp3) is 0.909. The summed E-state index contributed by atoms with van der Waals surface area (Å²) in [5.74, 6) is -0.166. The maximum Gasteiger partial charge on any atom is 0.312 e. The lowest BCUT2D eigenvalue weighted by Crippen LogP contribution is -2.40. The minimum Gasteiger partial charge on any atom is -0.469 e. The van der Waals surface area contributed by atoms with E-state index in [1.807, 2.05) is 0 Å². The number of methoxy groups -OCH3 is 1. The fourth-order valence-corrected chi connectivity index (χ4v) is 4.04. The number of hydrogen-bond donors (Lipinski definition) is 0. The van der Waals surface area contributed by atoms with Gasteiger partial charge in [0.1, 0.15) is 5.92 Å². The fourth-order valence-electron chi connectivity index (χ4n) is 2.94. The highest BCUT2D eigenvalue weighted by Gasteiger charge is 2.57. The molecule has 1 saturated heterocycles. The highest BCUT2D eigenvalue weighted by molar-refractivity contribution is 14.1. The van der Waals surface area contributed by atoms with Crippen LogP contribution in [0.5, 0.6) is 0 Å². The summed E-state index contributed by atoms with van der Waals surface area (Å²) in [4.78, 5) is 11.8. The first-order valence-electron chi connectivity index (χ1n) is 5.50. The molecule has 0 unspecified atom stereocenters. The molecule has 0 bridgehead atoms. The van der Waals surface area contributed by atoms with Gasteiger partial charge in [0.05, 0.1) is 22.7 Å². The lowest BCUT2D eigenvalue weighted by atomic mass is 9.85. The van der Waals surface area contributed by atoms with Gasteiger partial charge in [-0.05, 0) is 19.8 Å². The molecule has 1 saturated carbocycles. The van der Waals surface area contributed by atoms with E-state index in [0.717, 1.165) is 12.8 Å². The van der Waals surface area contributed by atoms with Gasteiger partial charge in [0.15, 0.2) is 0 Å². The zero-order valence-corrected chi connectivity index (χ0v) is 11.3. The predicted octanol–water partition coefficient (Wildman–Crippen LogP) is 2.31. The van der Waals surface area contributed by atoms with Crippen LogP contribution in [0.2, 0.25) is 0 Å². The Bertz CT molecular complexity index is 261. The Morgan fingerprint density at radius 2 is 2.07 bits per heavy atom. The van der Waals surface area contributed by atoms with Crippen molar-refractivity contribution in [2.24, 2.45) is 5.92 Å². The molecule has 15 heavy (non-hydrogen) atoms. The van der Waals surface area contributed by atoms with Crippen LogP contribution in [-0.2, 0) is 14.3 Å². The number of rotatable bonds is 1. The van der Waals surface area contributed by atoms with Crippen molar-refractivity contribution in [3.63, 3.8) is 0 Å². The topological polar surface area (TPSA) is 35.5 Å². The van der Waals surface area contributed by atoms with E-state index in [-0.39, 0.29) is 27.5 Å². The molecule has 1 spiro atoms. The van der Waals surface area contributed by atoms with Gasteiger partial charge in [-0.1, -0.05) is 35.4 Å². The Morgan fingerprint density at radius 3 is 2.60 bits per heavy atom. The average Bonchev–Trinajstić information content (AvgIpc) is 2.75. The second-order valence-corrected chi connectivity index (χ2v) is 5.98. The van der Waals surface area contributed by atoms with Crippen LogP contribution in [0.1, 0.15) is 32.6 Å². The van der Waals surface area contributed by atoms with E-state index in [4.69, 9.17) is 9.47 Å². The lowest BCUT2D eigenvalue weighted by molar-refractivity contribution is -0.152. The molecule has 0 N–H and O–H groups in total. The normalized spacial score (nSPS) is 38.5. The number of ether oxygens (including phenoxy) is 2. The van der Waals surface area contributed by atoms with Gasteiger partial charge in [0.2, 0.25) is 0 Å². The molecular weight excluding hydrogens is 307 g/mol. The summed E-state index contributed by atoms with van der Waals surface area (Å²) < 4.78 is 11.2. The molecule has 2 rings (SSSR count). The average molecular weight is 324 g/mol. The standard InChI is InChI=1S/C11H17IO3/c1-7-9(12)8(10(13)14-2)11(15-7)5-3-4-6-11/h7-9H,3-6H2,1-2H3/t7-,8+,9-/m0/s1. The monoisotopic (exact) mass is 324 g/mol. The highest BCUT2D eigenvalue weighted by Crippen LogP contribution is 2.50. The quantitative estimate of drug-likeness (QED) is 0.422. The molecule has 0 aromatic rings. The minimum atomic E-state index is -0.210. The molecule has 86 valence electrons. The van der Waals surface area contributed by atoms with E-state index in [9.17, 15) is 4.79 Å². The summed E-state index contributed by atoms with van der Waals surface area (Å²) in [6.45, 7) is 2.06. The number of carbonyl (C=O) groups excluding carboxylic acids is 1. The van der Waals surface area contributed by atoms with E-state index in [2.05, 4.69) is 29.5 Å². The largest absolute Gasteiger partial charge is 0.469 e. The van der Waals surface area contributed by atoms with Crippen LogP contribution < -0.4 is 0 Å². The summed E-state index contributed by atoms with van der Waals surface area (Å²) in [5.41, 5.74) is -0.210. The Hall–Kier alpha value is 0.160. The van der Waals surface area contributed by atoms with Gasteiger partial charge in [-0.15, -0.1) is 0 Å². The summed E-state index contributed by atoms with van der Waals surface area (Å²) in [7, 11) is 1.47. The molecule has 2 fully saturated rings. The van der Waals surface area contributed by atoms with Gasteiger partial charge < -0.3 is 9.47 Å². The van der Waals surface area contributed by atoms with Gasteiger partial charge in [-0.2, -0.15) is 0 Å².